The van der Waals surface area contributed by atoms with E-state index < -0.39 is 0 Å². The lowest BCUT2D eigenvalue weighted by Crippen LogP contribution is -2.53. The number of anilines is 2. The maximum absolute atomic E-state index is 5.55. The summed E-state index contributed by atoms with van der Waals surface area (Å²) in [7, 11) is 5.36. The number of nitrogens with zero attached hydrogens (tertiary/aromatic N) is 4. The summed E-state index contributed by atoms with van der Waals surface area (Å²) < 4.78 is 11.1. The fourth-order valence-electron chi connectivity index (χ4n) is 4.73. The van der Waals surface area contributed by atoms with Crippen LogP contribution in [0.4, 0.5) is 11.4 Å². The predicted molar refractivity (Wildman–Crippen MR) is 131 cm³/mol. The molecule has 2 heterocycles. The van der Waals surface area contributed by atoms with Crippen molar-refractivity contribution >= 4 is 17.3 Å². The van der Waals surface area contributed by atoms with Gasteiger partial charge in [-0.1, -0.05) is 24.3 Å². The lowest BCUT2D eigenvalue weighted by Gasteiger charge is -2.38. The Morgan fingerprint density at radius 2 is 1.47 bits per heavy atom. The average molecular weight is 438 g/mol. The van der Waals surface area contributed by atoms with E-state index in [1.807, 2.05) is 31.3 Å². The second-order valence-electron chi connectivity index (χ2n) is 8.35. The highest BCUT2D eigenvalue weighted by Gasteiger charge is 2.26. The zero-order valence-corrected chi connectivity index (χ0v) is 19.5. The molecule has 32 heavy (non-hydrogen) atoms. The molecule has 0 bridgehead atoms. The first-order chi connectivity index (χ1) is 15.7. The van der Waals surface area contributed by atoms with E-state index in [4.69, 9.17) is 9.47 Å². The van der Waals surface area contributed by atoms with Crippen molar-refractivity contribution < 1.29 is 9.47 Å². The predicted octanol–water partition coefficient (Wildman–Crippen LogP) is 2.93. The molecular weight excluding hydrogens is 402 g/mol. The van der Waals surface area contributed by atoms with Gasteiger partial charge in [-0.05, 0) is 36.6 Å². The van der Waals surface area contributed by atoms with Crippen LogP contribution in [0.15, 0.2) is 53.5 Å². The summed E-state index contributed by atoms with van der Waals surface area (Å²) in [4.78, 5) is 11.7. The summed E-state index contributed by atoms with van der Waals surface area (Å²) in [6.07, 6.45) is 1.17. The zero-order chi connectivity index (χ0) is 22.3. The minimum atomic E-state index is 0.589. The van der Waals surface area contributed by atoms with Crippen LogP contribution in [0.2, 0.25) is 0 Å². The number of benzene rings is 2. The molecule has 2 aromatic carbocycles. The van der Waals surface area contributed by atoms with Crippen LogP contribution < -0.4 is 24.6 Å². The van der Waals surface area contributed by atoms with Gasteiger partial charge >= 0.3 is 0 Å². The van der Waals surface area contributed by atoms with E-state index in [1.54, 1.807) is 14.2 Å². The van der Waals surface area contributed by atoms with E-state index in [9.17, 15) is 0 Å². The molecule has 2 fully saturated rings. The third-order valence-corrected chi connectivity index (χ3v) is 6.48. The first-order valence-electron chi connectivity index (χ1n) is 11.4. The maximum Gasteiger partial charge on any atom is 0.193 e. The topological polar surface area (TPSA) is 52.6 Å². The Hall–Kier alpha value is -3.09. The monoisotopic (exact) mass is 437 g/mol. The molecule has 1 unspecified atom stereocenters. The number of nitrogens with one attached hydrogen (secondary N) is 1. The van der Waals surface area contributed by atoms with E-state index in [-0.39, 0.29) is 0 Å². The Morgan fingerprint density at radius 1 is 0.875 bits per heavy atom. The van der Waals surface area contributed by atoms with E-state index >= 15 is 0 Å². The molecule has 0 amide bonds. The summed E-state index contributed by atoms with van der Waals surface area (Å²) >= 11 is 0. The lowest BCUT2D eigenvalue weighted by molar-refractivity contribution is 0.364. The quantitative estimate of drug-likeness (QED) is 0.554. The van der Waals surface area contributed by atoms with Crippen molar-refractivity contribution in [2.24, 2.45) is 10.9 Å². The Labute approximate surface area is 191 Å². The number of piperazine rings is 1. The van der Waals surface area contributed by atoms with Crippen LogP contribution in [-0.4, -0.2) is 77.9 Å². The molecule has 2 aromatic rings. The summed E-state index contributed by atoms with van der Waals surface area (Å²) in [6, 6.07) is 16.5. The Bertz CT molecular complexity index is 911. The molecule has 1 atom stereocenters. The van der Waals surface area contributed by atoms with Crippen LogP contribution in [0.5, 0.6) is 11.5 Å². The molecule has 7 nitrogen and oxygen atoms in total. The van der Waals surface area contributed by atoms with E-state index in [0.29, 0.717) is 5.92 Å². The molecule has 0 aliphatic carbocycles. The summed E-state index contributed by atoms with van der Waals surface area (Å²) in [6.45, 7) is 6.81. The second kappa shape index (κ2) is 10.5. The van der Waals surface area contributed by atoms with Gasteiger partial charge in [0.1, 0.15) is 11.5 Å². The van der Waals surface area contributed by atoms with Gasteiger partial charge in [0, 0.05) is 52.9 Å². The van der Waals surface area contributed by atoms with E-state index in [1.165, 1.54) is 17.8 Å². The largest absolute Gasteiger partial charge is 0.495 e. The van der Waals surface area contributed by atoms with Crippen LogP contribution in [0.1, 0.15) is 6.42 Å². The van der Waals surface area contributed by atoms with E-state index in [0.717, 1.165) is 63.3 Å². The molecule has 2 saturated heterocycles. The van der Waals surface area contributed by atoms with Crippen LogP contribution in [0.25, 0.3) is 0 Å². The number of guanidine groups is 1. The Balaban J connectivity index is 1.28. The highest BCUT2D eigenvalue weighted by atomic mass is 16.5. The fourth-order valence-corrected chi connectivity index (χ4v) is 4.73. The first kappa shape index (κ1) is 22.1. The highest BCUT2D eigenvalue weighted by molar-refractivity contribution is 5.80. The smallest absolute Gasteiger partial charge is 0.193 e. The standard InChI is InChI=1S/C25H35N5O2/c1-26-25(29-16-14-28(15-17-29)21-8-4-6-10-23(21)31-2)27-18-20-12-13-30(19-20)22-9-5-7-11-24(22)32-3/h4-11,20H,12-19H2,1-3H3,(H,26,27). The number of methoxy groups -OCH3 is 2. The molecule has 0 radical (unpaired) electrons. The number of hydrogen-bond donors (Lipinski definition) is 1. The minimum Gasteiger partial charge on any atom is -0.495 e. The molecule has 172 valence electrons. The van der Waals surface area contributed by atoms with Crippen LogP contribution in [0.3, 0.4) is 0 Å². The van der Waals surface area contributed by atoms with Gasteiger partial charge in [-0.3, -0.25) is 4.99 Å². The van der Waals surface area contributed by atoms with Gasteiger partial charge in [-0.25, -0.2) is 0 Å². The lowest BCUT2D eigenvalue weighted by atomic mass is 10.1. The Morgan fingerprint density at radius 3 is 2.06 bits per heavy atom. The van der Waals surface area contributed by atoms with Crippen LogP contribution in [-0.2, 0) is 0 Å². The number of ether oxygens (including phenoxy) is 2. The molecular formula is C25H35N5O2. The van der Waals surface area contributed by atoms with Gasteiger partial charge in [0.05, 0.1) is 25.6 Å². The van der Waals surface area contributed by atoms with Gasteiger partial charge in [-0.2, -0.15) is 0 Å². The number of aliphatic imine (C=N–C) groups is 1. The van der Waals surface area contributed by atoms with Crippen molar-refractivity contribution in [3.05, 3.63) is 48.5 Å². The molecule has 2 aliphatic rings. The van der Waals surface area contributed by atoms with Crippen molar-refractivity contribution in [1.29, 1.82) is 0 Å². The molecule has 2 aliphatic heterocycles. The van der Waals surface area contributed by atoms with Gasteiger partial charge in [0.25, 0.3) is 0 Å². The summed E-state index contributed by atoms with van der Waals surface area (Å²) in [5.74, 6) is 3.47. The average Bonchev–Trinajstić information content (AvgIpc) is 3.33. The van der Waals surface area contributed by atoms with Gasteiger partial charge in [0.15, 0.2) is 5.96 Å². The summed E-state index contributed by atoms with van der Waals surface area (Å²) in [5, 5.41) is 3.63. The summed E-state index contributed by atoms with van der Waals surface area (Å²) in [5.41, 5.74) is 2.36. The van der Waals surface area contributed by atoms with Crippen molar-refractivity contribution in [3.8, 4) is 11.5 Å². The SMILES string of the molecule is CN=C(NCC1CCN(c2ccccc2OC)C1)N1CCN(c2ccccc2OC)CC1. The molecule has 0 spiro atoms. The van der Waals surface area contributed by atoms with Crippen LogP contribution >= 0.6 is 0 Å². The Kier molecular flexibility index (Phi) is 7.24. The number of hydrogen-bond acceptors (Lipinski definition) is 5. The minimum absolute atomic E-state index is 0.589. The third-order valence-electron chi connectivity index (χ3n) is 6.48. The molecule has 0 saturated carbocycles. The van der Waals surface area contributed by atoms with Crippen LogP contribution in [0, 0.1) is 5.92 Å². The zero-order valence-electron chi connectivity index (χ0n) is 19.5. The van der Waals surface area contributed by atoms with Gasteiger partial charge in [0.2, 0.25) is 0 Å². The number of rotatable bonds is 6. The van der Waals surface area contributed by atoms with Crippen molar-refractivity contribution in [3.63, 3.8) is 0 Å². The van der Waals surface area contributed by atoms with Gasteiger partial charge < -0.3 is 29.5 Å². The highest BCUT2D eigenvalue weighted by Crippen LogP contribution is 2.32. The van der Waals surface area contributed by atoms with Crippen molar-refractivity contribution in [1.82, 2.24) is 10.2 Å². The van der Waals surface area contributed by atoms with E-state index in [2.05, 4.69) is 49.3 Å². The molecule has 0 aromatic heterocycles. The normalized spacial score (nSPS) is 19.3. The molecule has 4 rings (SSSR count). The maximum atomic E-state index is 5.55. The van der Waals surface area contributed by atoms with Crippen molar-refractivity contribution in [2.75, 3.05) is 76.9 Å². The van der Waals surface area contributed by atoms with Crippen molar-refractivity contribution in [2.45, 2.75) is 6.42 Å². The molecule has 1 N–H and O–H groups in total. The third kappa shape index (κ3) is 4.87. The van der Waals surface area contributed by atoms with Gasteiger partial charge in [-0.15, -0.1) is 0 Å². The fraction of sp³-hybridized carbons (Fsp3) is 0.480. The number of para-hydroxylation sites is 4. The first-order valence-corrected chi connectivity index (χ1v) is 11.4. The second-order valence-corrected chi connectivity index (χ2v) is 8.35. The molecule has 7 heteroatoms.